The fraction of sp³-hybridized carbons (Fsp3) is 0.588. The highest BCUT2D eigenvalue weighted by atomic mass is 16.5. The Kier molecular flexibility index (Phi) is 5.76. The number of aryl methyl sites for hydroxylation is 1. The Morgan fingerprint density at radius 2 is 1.76 bits per heavy atom. The monoisotopic (exact) mass is 290 g/mol. The van der Waals surface area contributed by atoms with Gasteiger partial charge in [0.05, 0.1) is 0 Å². The van der Waals surface area contributed by atoms with Crippen LogP contribution in [-0.2, 0) is 4.74 Å². The number of amides is 1. The third-order valence-electron chi connectivity index (χ3n) is 3.98. The molecule has 1 aliphatic heterocycles. The summed E-state index contributed by atoms with van der Waals surface area (Å²) in [5, 5.41) is 0. The summed E-state index contributed by atoms with van der Waals surface area (Å²) in [6.45, 7) is 5.20. The van der Waals surface area contributed by atoms with Crippen molar-refractivity contribution in [2.24, 2.45) is 0 Å². The van der Waals surface area contributed by atoms with Crippen LogP contribution in [-0.4, -0.2) is 62.1 Å². The van der Waals surface area contributed by atoms with Crippen LogP contribution >= 0.6 is 0 Å². The fourth-order valence-corrected chi connectivity index (χ4v) is 2.62. The number of hydrogen-bond acceptors (Lipinski definition) is 3. The van der Waals surface area contributed by atoms with E-state index in [-0.39, 0.29) is 5.91 Å². The number of likely N-dealkylation sites (N-methyl/N-ethyl adjacent to an activating group) is 1. The quantitative estimate of drug-likeness (QED) is 0.833. The summed E-state index contributed by atoms with van der Waals surface area (Å²) in [4.78, 5) is 17.0. The molecule has 0 bridgehead atoms. The van der Waals surface area contributed by atoms with Crippen LogP contribution < -0.4 is 0 Å². The van der Waals surface area contributed by atoms with Crippen molar-refractivity contribution in [3.8, 4) is 0 Å². The Morgan fingerprint density at radius 3 is 2.33 bits per heavy atom. The number of rotatable bonds is 5. The second-order valence-corrected chi connectivity index (χ2v) is 6.01. The predicted molar refractivity (Wildman–Crippen MR) is 84.6 cm³/mol. The molecule has 1 saturated heterocycles. The van der Waals surface area contributed by atoms with E-state index < -0.39 is 0 Å². The van der Waals surface area contributed by atoms with Gasteiger partial charge in [-0.25, -0.2) is 0 Å². The zero-order valence-corrected chi connectivity index (χ0v) is 13.3. The van der Waals surface area contributed by atoms with Crippen LogP contribution in [0, 0.1) is 6.92 Å². The minimum absolute atomic E-state index is 0.142. The zero-order valence-electron chi connectivity index (χ0n) is 13.3. The molecule has 0 atom stereocenters. The van der Waals surface area contributed by atoms with Gasteiger partial charge in [0.2, 0.25) is 0 Å². The average Bonchev–Trinajstić information content (AvgIpc) is 2.49. The van der Waals surface area contributed by atoms with Gasteiger partial charge in [-0.2, -0.15) is 0 Å². The molecular formula is C17H26N2O2. The summed E-state index contributed by atoms with van der Waals surface area (Å²) in [6, 6.07) is 8.16. The van der Waals surface area contributed by atoms with Crippen molar-refractivity contribution in [3.63, 3.8) is 0 Å². The van der Waals surface area contributed by atoms with Gasteiger partial charge in [0.1, 0.15) is 0 Å². The topological polar surface area (TPSA) is 32.8 Å². The lowest BCUT2D eigenvalue weighted by atomic mass is 10.0. The van der Waals surface area contributed by atoms with E-state index in [1.165, 1.54) is 5.56 Å². The molecule has 0 spiro atoms. The van der Waals surface area contributed by atoms with Gasteiger partial charge in [-0.05, 0) is 46.0 Å². The Labute approximate surface area is 127 Å². The van der Waals surface area contributed by atoms with Crippen LogP contribution in [0.25, 0.3) is 0 Å². The molecule has 0 N–H and O–H groups in total. The summed E-state index contributed by atoms with van der Waals surface area (Å²) >= 11 is 0. The summed E-state index contributed by atoms with van der Waals surface area (Å²) in [7, 11) is 4.08. The van der Waals surface area contributed by atoms with Crippen molar-refractivity contribution in [2.45, 2.75) is 25.8 Å². The lowest BCUT2D eigenvalue weighted by molar-refractivity contribution is 0.0276. The SMILES string of the molecule is Cc1ccc(C(=O)N(CCN(C)C)C2CCOCC2)cc1. The van der Waals surface area contributed by atoms with Crippen LogP contribution in [0.1, 0.15) is 28.8 Å². The standard InChI is InChI=1S/C17H26N2O2/c1-14-4-6-15(7-5-14)17(20)19(11-10-18(2)3)16-8-12-21-13-9-16/h4-7,16H,8-13H2,1-3H3. The number of carbonyl (C=O) groups is 1. The molecule has 0 aromatic heterocycles. The third-order valence-corrected chi connectivity index (χ3v) is 3.98. The summed E-state index contributed by atoms with van der Waals surface area (Å²) < 4.78 is 5.43. The Hall–Kier alpha value is -1.39. The number of carbonyl (C=O) groups excluding carboxylic acids is 1. The molecule has 1 aliphatic rings. The lowest BCUT2D eigenvalue weighted by Gasteiger charge is -2.35. The third kappa shape index (κ3) is 4.55. The summed E-state index contributed by atoms with van der Waals surface area (Å²) in [5.41, 5.74) is 1.96. The maximum absolute atomic E-state index is 12.8. The molecule has 0 saturated carbocycles. The number of hydrogen-bond donors (Lipinski definition) is 0. The fourth-order valence-electron chi connectivity index (χ4n) is 2.62. The van der Waals surface area contributed by atoms with Crippen molar-refractivity contribution in [3.05, 3.63) is 35.4 Å². The Balaban J connectivity index is 2.12. The molecule has 4 heteroatoms. The first-order valence-electron chi connectivity index (χ1n) is 7.68. The van der Waals surface area contributed by atoms with Gasteiger partial charge >= 0.3 is 0 Å². The molecule has 1 fully saturated rings. The Morgan fingerprint density at radius 1 is 1.14 bits per heavy atom. The van der Waals surface area contributed by atoms with E-state index in [4.69, 9.17) is 4.74 Å². The number of benzene rings is 1. The molecule has 4 nitrogen and oxygen atoms in total. The van der Waals surface area contributed by atoms with Gasteiger partial charge in [-0.3, -0.25) is 4.79 Å². The van der Waals surface area contributed by atoms with Crippen molar-refractivity contribution in [1.29, 1.82) is 0 Å². The average molecular weight is 290 g/mol. The Bertz CT molecular complexity index is 450. The molecule has 0 unspecified atom stereocenters. The molecule has 0 radical (unpaired) electrons. The van der Waals surface area contributed by atoms with E-state index in [0.29, 0.717) is 6.04 Å². The smallest absolute Gasteiger partial charge is 0.254 e. The summed E-state index contributed by atoms with van der Waals surface area (Å²) in [6.07, 6.45) is 1.87. The lowest BCUT2D eigenvalue weighted by Crippen LogP contribution is -2.46. The zero-order chi connectivity index (χ0) is 15.2. The molecule has 0 aliphatic carbocycles. The highest BCUT2D eigenvalue weighted by molar-refractivity contribution is 5.94. The van der Waals surface area contributed by atoms with Gasteiger partial charge in [0.25, 0.3) is 5.91 Å². The van der Waals surface area contributed by atoms with E-state index in [2.05, 4.69) is 4.90 Å². The molecule has 1 aromatic carbocycles. The molecular weight excluding hydrogens is 264 g/mol. The van der Waals surface area contributed by atoms with Gasteiger partial charge < -0.3 is 14.5 Å². The normalized spacial score (nSPS) is 16.2. The predicted octanol–water partition coefficient (Wildman–Crippen LogP) is 2.18. The molecule has 116 valence electrons. The van der Waals surface area contributed by atoms with Crippen molar-refractivity contribution in [2.75, 3.05) is 40.4 Å². The van der Waals surface area contributed by atoms with Crippen molar-refractivity contribution >= 4 is 5.91 Å². The van der Waals surface area contributed by atoms with E-state index in [1.807, 2.05) is 50.2 Å². The minimum atomic E-state index is 0.142. The van der Waals surface area contributed by atoms with Gasteiger partial charge in [0, 0.05) is 37.9 Å². The minimum Gasteiger partial charge on any atom is -0.381 e. The van der Waals surface area contributed by atoms with Crippen molar-refractivity contribution < 1.29 is 9.53 Å². The van der Waals surface area contributed by atoms with Gasteiger partial charge in [0.15, 0.2) is 0 Å². The van der Waals surface area contributed by atoms with E-state index >= 15 is 0 Å². The molecule has 21 heavy (non-hydrogen) atoms. The maximum Gasteiger partial charge on any atom is 0.254 e. The van der Waals surface area contributed by atoms with E-state index in [1.54, 1.807) is 0 Å². The van der Waals surface area contributed by atoms with Crippen LogP contribution in [0.5, 0.6) is 0 Å². The number of nitrogens with zero attached hydrogens (tertiary/aromatic N) is 2. The van der Waals surface area contributed by atoms with Gasteiger partial charge in [-0.15, -0.1) is 0 Å². The molecule has 2 rings (SSSR count). The first-order chi connectivity index (χ1) is 10.1. The van der Waals surface area contributed by atoms with E-state index in [0.717, 1.165) is 44.7 Å². The molecule has 1 heterocycles. The van der Waals surface area contributed by atoms with Crippen LogP contribution in [0.2, 0.25) is 0 Å². The highest BCUT2D eigenvalue weighted by Gasteiger charge is 2.26. The first-order valence-corrected chi connectivity index (χ1v) is 7.68. The molecule has 1 amide bonds. The number of ether oxygens (including phenoxy) is 1. The van der Waals surface area contributed by atoms with Gasteiger partial charge in [-0.1, -0.05) is 17.7 Å². The first kappa shape index (κ1) is 16.0. The molecule has 1 aromatic rings. The van der Waals surface area contributed by atoms with Crippen molar-refractivity contribution in [1.82, 2.24) is 9.80 Å². The largest absolute Gasteiger partial charge is 0.381 e. The highest BCUT2D eigenvalue weighted by Crippen LogP contribution is 2.18. The van der Waals surface area contributed by atoms with Crippen LogP contribution in [0.3, 0.4) is 0 Å². The summed E-state index contributed by atoms with van der Waals surface area (Å²) in [5.74, 6) is 0.142. The van der Waals surface area contributed by atoms with Crippen LogP contribution in [0.4, 0.5) is 0 Å². The van der Waals surface area contributed by atoms with Crippen LogP contribution in [0.15, 0.2) is 24.3 Å². The second kappa shape index (κ2) is 7.57. The second-order valence-electron chi connectivity index (χ2n) is 6.01. The maximum atomic E-state index is 12.8. The van der Waals surface area contributed by atoms with E-state index in [9.17, 15) is 4.79 Å².